The number of methoxy groups -OCH3 is 3. The van der Waals surface area contributed by atoms with Crippen molar-refractivity contribution in [3.8, 4) is 0 Å². The molecular weight excluding hydrogens is 734 g/mol. The molecule has 13 heteroatoms. The molecule has 1 saturated carbocycles. The summed E-state index contributed by atoms with van der Waals surface area (Å²) in [7, 11) is 4.61. The molecule has 4 rings (SSSR count). The number of carbonyl (C=O) groups is 4. The third-order valence-corrected chi connectivity index (χ3v) is 12.8. The lowest BCUT2D eigenvalue weighted by molar-refractivity contribution is -0.302. The van der Waals surface area contributed by atoms with E-state index in [4.69, 9.17) is 23.7 Å². The molecule has 322 valence electrons. The zero-order chi connectivity index (χ0) is 42.2. The van der Waals surface area contributed by atoms with Crippen molar-refractivity contribution in [3.05, 3.63) is 36.0 Å². The summed E-state index contributed by atoms with van der Waals surface area (Å²) in [6, 6.07) is -1.14. The minimum atomic E-state index is -2.51. The lowest BCUT2D eigenvalue weighted by Crippen LogP contribution is -2.64. The standard InChI is InChI=1S/C44H69NO12/c1-10-13-31-19-25(2)18-26(3)20-37(54-8)40-38(55-9)22-28(5)44(52,57-40)41(49)42(50)45-17-12-11-14-32(45)43(51)56-39(29(6)34(47)24-35(31)48)27(4)21-30-15-16-33(46)36(23-30)53-7/h10,19,21,25-26,28-30,32-34,36-40,46-47,52H,1,11-18,20,22-24H2,2-9H3/t25?,26-,28?,29+,30?,32?,33+,34-,36?,37-,38?,39?,40+,44?/m0/s1. The number of carbonyl (C=O) groups excluding carboxylic acids is 4. The molecule has 3 aliphatic heterocycles. The van der Waals surface area contributed by atoms with Gasteiger partial charge in [-0.1, -0.05) is 45.9 Å². The summed E-state index contributed by atoms with van der Waals surface area (Å²) in [5.41, 5.74) is 1.18. The summed E-state index contributed by atoms with van der Waals surface area (Å²) in [6.07, 6.45) is 4.89. The first-order valence-corrected chi connectivity index (χ1v) is 20.9. The number of Topliss-reactive ketones (excluding diaryl/α,β-unsaturated/α-hetero) is 2. The molecule has 14 atom stereocenters. The van der Waals surface area contributed by atoms with E-state index >= 15 is 0 Å². The molecule has 4 aliphatic rings. The monoisotopic (exact) mass is 803 g/mol. The van der Waals surface area contributed by atoms with Crippen LogP contribution < -0.4 is 0 Å². The normalized spacial score (nSPS) is 40.1. The van der Waals surface area contributed by atoms with Crippen LogP contribution in [0.1, 0.15) is 105 Å². The Balaban J connectivity index is 1.78. The van der Waals surface area contributed by atoms with Crippen LogP contribution in [0.4, 0.5) is 0 Å². The smallest absolute Gasteiger partial charge is 0.329 e. The number of fused-ring (bicyclic) bond motifs is 3. The van der Waals surface area contributed by atoms with Gasteiger partial charge in [0.05, 0.1) is 30.5 Å². The van der Waals surface area contributed by atoms with Gasteiger partial charge in [0.2, 0.25) is 5.79 Å². The van der Waals surface area contributed by atoms with Gasteiger partial charge >= 0.3 is 5.97 Å². The van der Waals surface area contributed by atoms with Crippen LogP contribution in [0.5, 0.6) is 0 Å². The maximum absolute atomic E-state index is 14.3. The zero-order valence-electron chi connectivity index (χ0n) is 35.4. The quantitative estimate of drug-likeness (QED) is 0.185. The van der Waals surface area contributed by atoms with Gasteiger partial charge in [0, 0.05) is 46.1 Å². The van der Waals surface area contributed by atoms with Gasteiger partial charge in [-0.25, -0.2) is 4.79 Å². The van der Waals surface area contributed by atoms with Crippen molar-refractivity contribution in [2.45, 2.75) is 160 Å². The Bertz CT molecular complexity index is 1480. The number of esters is 1. The molecule has 0 spiro atoms. The van der Waals surface area contributed by atoms with E-state index in [0.717, 1.165) is 0 Å². The van der Waals surface area contributed by atoms with Crippen LogP contribution >= 0.6 is 0 Å². The molecule has 1 amide bonds. The Labute approximate surface area is 339 Å². The fourth-order valence-electron chi connectivity index (χ4n) is 9.44. The fourth-order valence-corrected chi connectivity index (χ4v) is 9.44. The molecule has 2 bridgehead atoms. The molecule has 0 radical (unpaired) electrons. The number of ether oxygens (including phenoxy) is 5. The van der Waals surface area contributed by atoms with Gasteiger partial charge in [-0.3, -0.25) is 14.4 Å². The lowest BCUT2D eigenvalue weighted by atomic mass is 9.81. The Morgan fingerprint density at radius 1 is 0.912 bits per heavy atom. The zero-order valence-corrected chi connectivity index (χ0v) is 35.4. The van der Waals surface area contributed by atoms with E-state index in [9.17, 15) is 34.5 Å². The molecule has 0 aromatic carbocycles. The van der Waals surface area contributed by atoms with Gasteiger partial charge in [-0.15, -0.1) is 6.58 Å². The topological polar surface area (TPSA) is 178 Å². The van der Waals surface area contributed by atoms with E-state index in [1.165, 1.54) is 19.1 Å². The van der Waals surface area contributed by atoms with Crippen LogP contribution in [-0.4, -0.2) is 126 Å². The summed E-state index contributed by atoms with van der Waals surface area (Å²) in [5, 5.41) is 34.1. The molecule has 57 heavy (non-hydrogen) atoms. The Kier molecular flexibility index (Phi) is 17.2. The number of allylic oxidation sites excluding steroid dienone is 4. The van der Waals surface area contributed by atoms with E-state index < -0.39 is 77.9 Å². The van der Waals surface area contributed by atoms with Crippen LogP contribution in [0.3, 0.4) is 0 Å². The second kappa shape index (κ2) is 21.0. The van der Waals surface area contributed by atoms with Crippen molar-refractivity contribution in [3.63, 3.8) is 0 Å². The number of cyclic esters (lactones) is 1. The van der Waals surface area contributed by atoms with E-state index in [0.29, 0.717) is 62.5 Å². The Hall–Kier alpha value is -2.78. The van der Waals surface area contributed by atoms with Crippen LogP contribution in [-0.2, 0) is 42.9 Å². The summed E-state index contributed by atoms with van der Waals surface area (Å²) in [6.45, 7) is 13.2. The first-order chi connectivity index (χ1) is 27.0. The maximum Gasteiger partial charge on any atom is 0.329 e. The number of aliphatic hydroxyl groups is 3. The molecule has 0 aromatic rings. The molecular formula is C44H69NO12. The average Bonchev–Trinajstić information content (AvgIpc) is 3.18. The molecule has 13 nitrogen and oxygen atoms in total. The number of amides is 1. The SMILES string of the molecule is C=CCC1=CC(C)C[C@H](C)C[C@H](OC)[C@H]2OC(O)(C(=O)C(=O)N3CCCCC3C(=O)OC(C(C)=CC3CC[C@@H](O)C(OC)C3)[C@H](C)[C@@H](O)CC1=O)C(C)CC2OC. The molecule has 3 N–H and O–H groups in total. The first-order valence-electron chi connectivity index (χ1n) is 20.9. The Morgan fingerprint density at radius 3 is 2.23 bits per heavy atom. The third kappa shape index (κ3) is 11.3. The van der Waals surface area contributed by atoms with Crippen molar-refractivity contribution >= 4 is 23.4 Å². The number of nitrogens with zero attached hydrogens (tertiary/aromatic N) is 1. The van der Waals surface area contributed by atoms with Gasteiger partial charge in [-0.2, -0.15) is 0 Å². The fraction of sp³-hybridized carbons (Fsp3) is 0.773. The van der Waals surface area contributed by atoms with Crippen LogP contribution in [0.25, 0.3) is 0 Å². The van der Waals surface area contributed by atoms with Gasteiger partial charge in [0.15, 0.2) is 5.78 Å². The van der Waals surface area contributed by atoms with Crippen LogP contribution in [0, 0.1) is 29.6 Å². The molecule has 8 unspecified atom stereocenters. The van der Waals surface area contributed by atoms with Gasteiger partial charge in [0.25, 0.3) is 11.7 Å². The number of aliphatic hydroxyl groups excluding tert-OH is 2. The highest BCUT2D eigenvalue weighted by Gasteiger charge is 2.56. The van der Waals surface area contributed by atoms with Crippen molar-refractivity contribution in [1.29, 1.82) is 0 Å². The van der Waals surface area contributed by atoms with Crippen LogP contribution in [0.2, 0.25) is 0 Å². The summed E-state index contributed by atoms with van der Waals surface area (Å²) in [4.78, 5) is 57.8. The summed E-state index contributed by atoms with van der Waals surface area (Å²) < 4.78 is 29.8. The molecule has 3 fully saturated rings. The second-order valence-corrected chi connectivity index (χ2v) is 17.3. The van der Waals surface area contributed by atoms with E-state index in [1.807, 2.05) is 26.0 Å². The van der Waals surface area contributed by atoms with E-state index in [1.54, 1.807) is 27.0 Å². The van der Waals surface area contributed by atoms with E-state index in [2.05, 4.69) is 13.5 Å². The number of piperidine rings is 1. The highest BCUT2D eigenvalue weighted by atomic mass is 16.7. The predicted octanol–water partition coefficient (Wildman–Crippen LogP) is 4.64. The molecule has 1 aliphatic carbocycles. The minimum Gasteiger partial charge on any atom is -0.456 e. The highest BCUT2D eigenvalue weighted by molar-refractivity contribution is 6.39. The van der Waals surface area contributed by atoms with Crippen LogP contribution in [0.15, 0.2) is 36.0 Å². The maximum atomic E-state index is 14.3. The van der Waals surface area contributed by atoms with Gasteiger partial charge in [-0.05, 0) is 100 Å². The second-order valence-electron chi connectivity index (χ2n) is 17.3. The third-order valence-electron chi connectivity index (χ3n) is 12.8. The van der Waals surface area contributed by atoms with Crippen molar-refractivity contribution < 1.29 is 58.2 Å². The first kappa shape index (κ1) is 46.9. The lowest BCUT2D eigenvalue weighted by Gasteiger charge is -2.47. The molecule has 2 saturated heterocycles. The van der Waals surface area contributed by atoms with Crippen molar-refractivity contribution in [2.24, 2.45) is 29.6 Å². The van der Waals surface area contributed by atoms with Gasteiger partial charge < -0.3 is 43.9 Å². The van der Waals surface area contributed by atoms with E-state index in [-0.39, 0.29) is 55.4 Å². The number of ketones is 2. The highest BCUT2D eigenvalue weighted by Crippen LogP contribution is 2.39. The summed E-state index contributed by atoms with van der Waals surface area (Å²) in [5.74, 6) is -7.32. The molecule has 3 heterocycles. The van der Waals surface area contributed by atoms with Crippen molar-refractivity contribution in [2.75, 3.05) is 27.9 Å². The van der Waals surface area contributed by atoms with Crippen molar-refractivity contribution in [1.82, 2.24) is 4.90 Å². The number of hydrogen-bond acceptors (Lipinski definition) is 12. The Morgan fingerprint density at radius 2 is 1.58 bits per heavy atom. The summed E-state index contributed by atoms with van der Waals surface area (Å²) >= 11 is 0. The minimum absolute atomic E-state index is 0.0120. The van der Waals surface area contributed by atoms with Gasteiger partial charge in [0.1, 0.15) is 18.2 Å². The molecule has 0 aromatic heterocycles. The number of hydrogen-bond donors (Lipinski definition) is 3. The largest absolute Gasteiger partial charge is 0.456 e. The predicted molar refractivity (Wildman–Crippen MR) is 213 cm³/mol. The average molecular weight is 804 g/mol. The number of rotatable bonds is 7.